The van der Waals surface area contributed by atoms with Crippen molar-refractivity contribution in [2.24, 2.45) is 0 Å². The number of carbonyl (C=O) groups excluding carboxylic acids is 1. The fourth-order valence-electron chi connectivity index (χ4n) is 2.23. The average molecular weight is 286 g/mol. The molecule has 0 fully saturated rings. The zero-order valence-corrected chi connectivity index (χ0v) is 12.5. The van der Waals surface area contributed by atoms with Crippen LogP contribution in [-0.2, 0) is 9.53 Å². The Labute approximate surface area is 125 Å². The third-order valence-corrected chi connectivity index (χ3v) is 3.32. The van der Waals surface area contributed by atoms with E-state index in [-0.39, 0.29) is 5.97 Å². The van der Waals surface area contributed by atoms with Crippen LogP contribution in [0, 0.1) is 0 Å². The van der Waals surface area contributed by atoms with Gasteiger partial charge in [-0.3, -0.25) is 4.79 Å². The molecule has 3 heteroatoms. The third-order valence-electron chi connectivity index (χ3n) is 3.32. The van der Waals surface area contributed by atoms with Crippen LogP contribution in [0.25, 0.3) is 10.8 Å². The van der Waals surface area contributed by atoms with E-state index < -0.39 is 0 Å². The van der Waals surface area contributed by atoms with Crippen molar-refractivity contribution in [3.05, 3.63) is 42.5 Å². The summed E-state index contributed by atoms with van der Waals surface area (Å²) in [6.45, 7) is 2.97. The van der Waals surface area contributed by atoms with Crippen LogP contribution in [-0.4, -0.2) is 19.2 Å². The smallest absolute Gasteiger partial charge is 0.305 e. The highest BCUT2D eigenvalue weighted by molar-refractivity contribution is 5.83. The number of hydrogen-bond acceptors (Lipinski definition) is 3. The lowest BCUT2D eigenvalue weighted by Gasteiger charge is -2.07. The molecular formula is C18H22O3. The monoisotopic (exact) mass is 286 g/mol. The predicted molar refractivity (Wildman–Crippen MR) is 84.5 cm³/mol. The number of esters is 1. The van der Waals surface area contributed by atoms with E-state index in [2.05, 4.69) is 24.3 Å². The first-order valence-electron chi connectivity index (χ1n) is 7.57. The van der Waals surface area contributed by atoms with E-state index in [0.29, 0.717) is 19.6 Å². The van der Waals surface area contributed by atoms with Crippen molar-refractivity contribution < 1.29 is 14.3 Å². The number of hydrogen-bond donors (Lipinski definition) is 0. The zero-order chi connectivity index (χ0) is 14.9. The van der Waals surface area contributed by atoms with Gasteiger partial charge in [0.2, 0.25) is 0 Å². The molecule has 3 nitrogen and oxygen atoms in total. The van der Waals surface area contributed by atoms with Crippen LogP contribution in [0.15, 0.2) is 42.5 Å². The minimum Gasteiger partial charge on any atom is -0.494 e. The molecule has 0 atom stereocenters. The maximum atomic E-state index is 11.2. The minimum absolute atomic E-state index is 0.104. The van der Waals surface area contributed by atoms with Crippen LogP contribution >= 0.6 is 0 Å². The van der Waals surface area contributed by atoms with Gasteiger partial charge in [-0.15, -0.1) is 0 Å². The Kier molecular flexibility index (Phi) is 6.07. The summed E-state index contributed by atoms with van der Waals surface area (Å²) in [6, 6.07) is 14.4. The molecule has 21 heavy (non-hydrogen) atoms. The summed E-state index contributed by atoms with van der Waals surface area (Å²) in [7, 11) is 0. The van der Waals surface area contributed by atoms with E-state index in [4.69, 9.17) is 9.47 Å². The molecule has 0 spiro atoms. The van der Waals surface area contributed by atoms with Gasteiger partial charge in [0, 0.05) is 6.42 Å². The van der Waals surface area contributed by atoms with Gasteiger partial charge in [0.25, 0.3) is 0 Å². The number of ether oxygens (including phenoxy) is 2. The Morgan fingerprint density at radius 3 is 2.62 bits per heavy atom. The van der Waals surface area contributed by atoms with E-state index in [0.717, 1.165) is 25.0 Å². The van der Waals surface area contributed by atoms with E-state index in [1.807, 2.05) is 25.1 Å². The molecule has 2 rings (SSSR count). The Hall–Kier alpha value is -2.03. The zero-order valence-electron chi connectivity index (χ0n) is 12.5. The fourth-order valence-corrected chi connectivity index (χ4v) is 2.23. The summed E-state index contributed by atoms with van der Waals surface area (Å²) < 4.78 is 10.6. The van der Waals surface area contributed by atoms with Crippen LogP contribution in [0.1, 0.15) is 32.6 Å². The summed E-state index contributed by atoms with van der Waals surface area (Å²) in [5.41, 5.74) is 0. The molecule has 0 heterocycles. The summed E-state index contributed by atoms with van der Waals surface area (Å²) in [4.78, 5) is 11.2. The molecule has 0 aliphatic rings. The molecule has 0 saturated heterocycles. The lowest BCUT2D eigenvalue weighted by atomic mass is 10.1. The summed E-state index contributed by atoms with van der Waals surface area (Å²) in [5, 5.41) is 2.41. The molecule has 0 saturated carbocycles. The lowest BCUT2D eigenvalue weighted by Crippen LogP contribution is -2.04. The highest BCUT2D eigenvalue weighted by Crippen LogP contribution is 2.20. The highest BCUT2D eigenvalue weighted by Gasteiger charge is 2.01. The number of unbranched alkanes of at least 4 members (excludes halogenated alkanes) is 2. The van der Waals surface area contributed by atoms with Crippen molar-refractivity contribution in [2.75, 3.05) is 13.2 Å². The van der Waals surface area contributed by atoms with Crippen molar-refractivity contribution in [3.63, 3.8) is 0 Å². The second-order valence-electron chi connectivity index (χ2n) is 4.97. The van der Waals surface area contributed by atoms with E-state index in [9.17, 15) is 4.79 Å². The van der Waals surface area contributed by atoms with Crippen molar-refractivity contribution in [1.29, 1.82) is 0 Å². The topological polar surface area (TPSA) is 35.5 Å². The molecule has 0 aliphatic carbocycles. The number of benzene rings is 2. The Bertz CT molecular complexity index is 577. The standard InChI is InChI=1S/C18H22O3/c1-2-20-18(19)10-4-3-7-13-21-17-12-11-15-8-5-6-9-16(15)14-17/h5-6,8-9,11-12,14H,2-4,7,10,13H2,1H3. The highest BCUT2D eigenvalue weighted by atomic mass is 16.5. The molecular weight excluding hydrogens is 264 g/mol. The molecule has 0 N–H and O–H groups in total. The average Bonchev–Trinajstić information content (AvgIpc) is 2.51. The maximum Gasteiger partial charge on any atom is 0.305 e. The first-order valence-corrected chi connectivity index (χ1v) is 7.57. The maximum absolute atomic E-state index is 11.2. The first kappa shape index (κ1) is 15.4. The van der Waals surface area contributed by atoms with Gasteiger partial charge in [0.05, 0.1) is 13.2 Å². The van der Waals surface area contributed by atoms with Crippen molar-refractivity contribution in [1.82, 2.24) is 0 Å². The minimum atomic E-state index is -0.104. The van der Waals surface area contributed by atoms with Crippen LogP contribution in [0.2, 0.25) is 0 Å². The van der Waals surface area contributed by atoms with Gasteiger partial charge in [-0.05, 0) is 49.1 Å². The molecule has 0 radical (unpaired) electrons. The third kappa shape index (κ3) is 5.10. The van der Waals surface area contributed by atoms with Gasteiger partial charge < -0.3 is 9.47 Å². The van der Waals surface area contributed by atoms with E-state index >= 15 is 0 Å². The van der Waals surface area contributed by atoms with E-state index in [1.165, 1.54) is 10.8 Å². The van der Waals surface area contributed by atoms with Crippen LogP contribution in [0.4, 0.5) is 0 Å². The predicted octanol–water partition coefficient (Wildman–Crippen LogP) is 4.34. The Morgan fingerprint density at radius 1 is 1.00 bits per heavy atom. The van der Waals surface area contributed by atoms with Crippen LogP contribution in [0.5, 0.6) is 5.75 Å². The van der Waals surface area contributed by atoms with E-state index in [1.54, 1.807) is 0 Å². The lowest BCUT2D eigenvalue weighted by molar-refractivity contribution is -0.143. The second-order valence-corrected chi connectivity index (χ2v) is 4.97. The largest absolute Gasteiger partial charge is 0.494 e. The normalized spacial score (nSPS) is 10.5. The first-order chi connectivity index (χ1) is 10.3. The molecule has 0 unspecified atom stereocenters. The molecule has 2 aromatic carbocycles. The van der Waals surface area contributed by atoms with Crippen molar-refractivity contribution in [3.8, 4) is 5.75 Å². The van der Waals surface area contributed by atoms with Gasteiger partial charge in [-0.25, -0.2) is 0 Å². The fraction of sp³-hybridized carbons (Fsp3) is 0.389. The Morgan fingerprint density at radius 2 is 1.81 bits per heavy atom. The van der Waals surface area contributed by atoms with Crippen molar-refractivity contribution in [2.45, 2.75) is 32.6 Å². The van der Waals surface area contributed by atoms with Gasteiger partial charge in [-0.1, -0.05) is 30.3 Å². The van der Waals surface area contributed by atoms with Crippen LogP contribution in [0.3, 0.4) is 0 Å². The number of rotatable bonds is 8. The molecule has 0 aromatic heterocycles. The van der Waals surface area contributed by atoms with Crippen molar-refractivity contribution >= 4 is 16.7 Å². The number of carbonyl (C=O) groups is 1. The molecule has 112 valence electrons. The molecule has 2 aromatic rings. The molecule has 0 bridgehead atoms. The van der Waals surface area contributed by atoms with Crippen LogP contribution < -0.4 is 4.74 Å². The van der Waals surface area contributed by atoms with Gasteiger partial charge in [0.15, 0.2) is 0 Å². The molecule has 0 amide bonds. The van der Waals surface area contributed by atoms with Gasteiger partial charge in [0.1, 0.15) is 5.75 Å². The summed E-state index contributed by atoms with van der Waals surface area (Å²) >= 11 is 0. The SMILES string of the molecule is CCOC(=O)CCCCCOc1ccc2ccccc2c1. The van der Waals surface area contributed by atoms with Gasteiger partial charge >= 0.3 is 5.97 Å². The molecule has 0 aliphatic heterocycles. The number of fused-ring (bicyclic) bond motifs is 1. The second kappa shape index (κ2) is 8.30. The van der Waals surface area contributed by atoms with Gasteiger partial charge in [-0.2, -0.15) is 0 Å². The summed E-state index contributed by atoms with van der Waals surface area (Å²) in [6.07, 6.45) is 3.29. The Balaban J connectivity index is 1.67. The summed E-state index contributed by atoms with van der Waals surface area (Å²) in [5.74, 6) is 0.798. The quantitative estimate of drug-likeness (QED) is 0.535.